The summed E-state index contributed by atoms with van der Waals surface area (Å²) < 4.78 is 0. The Morgan fingerprint density at radius 3 is 2.49 bits per heavy atom. The highest BCUT2D eigenvalue weighted by molar-refractivity contribution is 7.98. The second kappa shape index (κ2) is 16.3. The van der Waals surface area contributed by atoms with Gasteiger partial charge in [-0.2, -0.15) is 23.5 Å². The summed E-state index contributed by atoms with van der Waals surface area (Å²) >= 11 is 3.58. The molecule has 0 saturated heterocycles. The summed E-state index contributed by atoms with van der Waals surface area (Å²) in [7, 11) is 0. The molecule has 2 aromatic rings. The molecule has 1 atom stereocenters. The number of aldehydes is 1. The largest absolute Gasteiger partial charge is 0.342 e. The third kappa shape index (κ3) is 9.49. The molecule has 4 nitrogen and oxygen atoms in total. The third-order valence-corrected chi connectivity index (χ3v) is 8.71. The van der Waals surface area contributed by atoms with Crippen LogP contribution in [0.1, 0.15) is 66.4 Å². The van der Waals surface area contributed by atoms with Gasteiger partial charge in [-0.1, -0.05) is 62.4 Å². The van der Waals surface area contributed by atoms with E-state index in [0.29, 0.717) is 12.0 Å². The molecule has 1 N–H and O–H groups in total. The number of nitrogens with one attached hydrogen (secondary N) is 1. The molecule has 0 heterocycles. The van der Waals surface area contributed by atoms with Gasteiger partial charge >= 0.3 is 0 Å². The molecule has 0 bridgehead atoms. The number of carbonyl (C=O) groups excluding carboxylic acids is 2. The van der Waals surface area contributed by atoms with E-state index in [1.54, 1.807) is 11.8 Å². The van der Waals surface area contributed by atoms with Gasteiger partial charge in [-0.3, -0.25) is 9.69 Å². The Kier molecular flexibility index (Phi) is 13.1. The predicted octanol–water partition coefficient (Wildman–Crippen LogP) is 6.85. The molecule has 0 unspecified atom stereocenters. The standard InChI is InChI=1S/C31H44N2O2S2/c1-24-9-7-8-12-28(24)30-21-26(13-14-29(30)31(35)32-27(23-34)16-19-36-2)22-33(18-20-37-3)17-15-25-10-5-4-6-11-25/h7-9,12-14,21,23,25,27H,4-6,10-11,15-20,22H2,1-3H3,(H,32,35)/t27-/m0/s1. The van der Waals surface area contributed by atoms with Gasteiger partial charge in [0.1, 0.15) is 6.29 Å². The Morgan fingerprint density at radius 1 is 1.03 bits per heavy atom. The second-order valence-electron chi connectivity index (χ2n) is 10.3. The van der Waals surface area contributed by atoms with E-state index in [1.807, 2.05) is 36.2 Å². The van der Waals surface area contributed by atoms with Gasteiger partial charge in [-0.25, -0.2) is 0 Å². The molecule has 1 saturated carbocycles. The first-order chi connectivity index (χ1) is 18.0. The molecule has 1 aliphatic rings. The normalized spacial score (nSPS) is 15.0. The Morgan fingerprint density at radius 2 is 1.78 bits per heavy atom. The van der Waals surface area contributed by atoms with Gasteiger partial charge in [0.2, 0.25) is 0 Å². The molecule has 6 heteroatoms. The Balaban J connectivity index is 1.83. The molecule has 37 heavy (non-hydrogen) atoms. The van der Waals surface area contributed by atoms with E-state index < -0.39 is 6.04 Å². The van der Waals surface area contributed by atoms with Crippen molar-refractivity contribution in [2.75, 3.05) is 37.1 Å². The molecule has 1 amide bonds. The van der Waals surface area contributed by atoms with Crippen LogP contribution in [-0.4, -0.2) is 60.2 Å². The van der Waals surface area contributed by atoms with Crippen LogP contribution in [0, 0.1) is 12.8 Å². The van der Waals surface area contributed by atoms with Crippen LogP contribution in [-0.2, 0) is 11.3 Å². The van der Waals surface area contributed by atoms with E-state index in [9.17, 15) is 9.59 Å². The summed E-state index contributed by atoms with van der Waals surface area (Å²) in [5.41, 5.74) is 5.01. The van der Waals surface area contributed by atoms with Crippen LogP contribution in [0.2, 0.25) is 0 Å². The van der Waals surface area contributed by atoms with Crippen LogP contribution in [0.25, 0.3) is 11.1 Å². The van der Waals surface area contributed by atoms with Gasteiger partial charge < -0.3 is 10.1 Å². The molecule has 0 aromatic heterocycles. The van der Waals surface area contributed by atoms with Gasteiger partial charge in [-0.05, 0) is 84.9 Å². The lowest BCUT2D eigenvalue weighted by molar-refractivity contribution is -0.109. The zero-order valence-electron chi connectivity index (χ0n) is 22.8. The predicted molar refractivity (Wildman–Crippen MR) is 162 cm³/mol. The van der Waals surface area contributed by atoms with Gasteiger partial charge in [0.05, 0.1) is 6.04 Å². The zero-order valence-corrected chi connectivity index (χ0v) is 24.5. The minimum absolute atomic E-state index is 0.181. The number of carbonyl (C=O) groups is 2. The van der Waals surface area contributed by atoms with Crippen molar-refractivity contribution >= 4 is 35.7 Å². The highest BCUT2D eigenvalue weighted by Gasteiger charge is 2.20. The van der Waals surface area contributed by atoms with Crippen molar-refractivity contribution < 1.29 is 9.59 Å². The van der Waals surface area contributed by atoms with Crippen molar-refractivity contribution in [1.29, 1.82) is 0 Å². The number of nitrogens with zero attached hydrogens (tertiary/aromatic N) is 1. The third-order valence-electron chi connectivity index (χ3n) is 7.47. The number of rotatable bonds is 15. The van der Waals surface area contributed by atoms with E-state index in [1.165, 1.54) is 44.1 Å². The van der Waals surface area contributed by atoms with E-state index in [-0.39, 0.29) is 5.91 Å². The van der Waals surface area contributed by atoms with Gasteiger partial charge in [0.25, 0.3) is 5.91 Å². The Bertz CT molecular complexity index is 991. The molecular formula is C31H44N2O2S2. The zero-order chi connectivity index (χ0) is 26.5. The van der Waals surface area contributed by atoms with Crippen LogP contribution in [0.4, 0.5) is 0 Å². The summed E-state index contributed by atoms with van der Waals surface area (Å²) in [6.45, 7) is 5.18. The fourth-order valence-electron chi connectivity index (χ4n) is 5.24. The fourth-order valence-corrected chi connectivity index (χ4v) is 6.17. The van der Waals surface area contributed by atoms with E-state index in [4.69, 9.17) is 0 Å². The maximum absolute atomic E-state index is 13.3. The second-order valence-corrected chi connectivity index (χ2v) is 12.2. The monoisotopic (exact) mass is 540 g/mol. The maximum atomic E-state index is 13.3. The SMILES string of the molecule is CSCC[C@@H](C=O)NC(=O)c1ccc(CN(CCSC)CCC2CCCCC2)cc1-c1ccccc1C. The molecule has 3 rings (SSSR count). The highest BCUT2D eigenvalue weighted by Crippen LogP contribution is 2.30. The summed E-state index contributed by atoms with van der Waals surface area (Å²) in [5, 5.41) is 2.96. The minimum Gasteiger partial charge on any atom is -0.342 e. The number of benzene rings is 2. The molecule has 0 radical (unpaired) electrons. The summed E-state index contributed by atoms with van der Waals surface area (Å²) in [4.78, 5) is 27.5. The quantitative estimate of drug-likeness (QED) is 0.250. The first kappa shape index (κ1) is 29.8. The average molecular weight is 541 g/mol. The van der Waals surface area contributed by atoms with Crippen molar-refractivity contribution in [3.05, 3.63) is 59.2 Å². The number of hydrogen-bond acceptors (Lipinski definition) is 5. The number of aryl methyl sites for hydroxylation is 1. The maximum Gasteiger partial charge on any atom is 0.252 e. The van der Waals surface area contributed by atoms with Crippen LogP contribution in [0.5, 0.6) is 0 Å². The summed E-state index contributed by atoms with van der Waals surface area (Å²) in [6.07, 6.45) is 13.9. The Labute approximate surface area is 232 Å². The molecule has 0 aliphatic heterocycles. The van der Waals surface area contributed by atoms with E-state index >= 15 is 0 Å². The average Bonchev–Trinajstić information content (AvgIpc) is 2.93. The van der Waals surface area contributed by atoms with Crippen LogP contribution >= 0.6 is 23.5 Å². The van der Waals surface area contributed by atoms with Gasteiger partial charge in [-0.15, -0.1) is 0 Å². The first-order valence-electron chi connectivity index (χ1n) is 13.7. The first-order valence-corrected chi connectivity index (χ1v) is 16.5. The molecule has 0 spiro atoms. The number of amides is 1. The Hall–Kier alpha value is -1.76. The number of thioether (sulfide) groups is 2. The van der Waals surface area contributed by atoms with Crippen molar-refractivity contribution in [3.63, 3.8) is 0 Å². The molecule has 202 valence electrons. The molecule has 2 aromatic carbocycles. The minimum atomic E-state index is -0.467. The van der Waals surface area contributed by atoms with Crippen LogP contribution in [0.15, 0.2) is 42.5 Å². The highest BCUT2D eigenvalue weighted by atomic mass is 32.2. The van der Waals surface area contributed by atoms with Crippen LogP contribution in [0.3, 0.4) is 0 Å². The molecular weight excluding hydrogens is 496 g/mol. The van der Waals surface area contributed by atoms with Crippen molar-refractivity contribution in [1.82, 2.24) is 10.2 Å². The smallest absolute Gasteiger partial charge is 0.252 e. The van der Waals surface area contributed by atoms with Crippen molar-refractivity contribution in [2.45, 2.75) is 64.5 Å². The van der Waals surface area contributed by atoms with Gasteiger partial charge in [0, 0.05) is 24.4 Å². The van der Waals surface area contributed by atoms with E-state index in [0.717, 1.165) is 60.0 Å². The molecule has 1 fully saturated rings. The summed E-state index contributed by atoms with van der Waals surface area (Å²) in [5.74, 6) is 2.65. The topological polar surface area (TPSA) is 49.4 Å². The fraction of sp³-hybridized carbons (Fsp3) is 0.548. The lowest BCUT2D eigenvalue weighted by atomic mass is 9.87. The van der Waals surface area contributed by atoms with Gasteiger partial charge in [0.15, 0.2) is 0 Å². The summed E-state index contributed by atoms with van der Waals surface area (Å²) in [6, 6.07) is 14.0. The molecule has 1 aliphatic carbocycles. The van der Waals surface area contributed by atoms with Crippen molar-refractivity contribution in [3.8, 4) is 11.1 Å². The van der Waals surface area contributed by atoms with E-state index in [2.05, 4.69) is 47.7 Å². The lowest BCUT2D eigenvalue weighted by Crippen LogP contribution is -2.36. The number of hydrogen-bond donors (Lipinski definition) is 1. The lowest BCUT2D eigenvalue weighted by Gasteiger charge is -2.27. The van der Waals surface area contributed by atoms with Crippen molar-refractivity contribution in [2.24, 2.45) is 5.92 Å². The van der Waals surface area contributed by atoms with Crippen LogP contribution < -0.4 is 5.32 Å².